The van der Waals surface area contributed by atoms with Gasteiger partial charge >= 0.3 is 6.18 Å². The largest absolute Gasteiger partial charge is 0.416 e. The van der Waals surface area contributed by atoms with E-state index in [0.717, 1.165) is 43.8 Å². The standard InChI is InChI=1S/C13H17F3N2.ClH/c1-18(12-6-8-17-9-7-12)11-4-2-10(3-5-11)13(14,15)16;/h2-5,12,17H,6-9H2,1H3;1H. The lowest BCUT2D eigenvalue weighted by Crippen LogP contribution is -2.41. The Hall–Kier alpha value is -0.940. The van der Waals surface area contributed by atoms with Gasteiger partial charge in [0.1, 0.15) is 0 Å². The van der Waals surface area contributed by atoms with E-state index in [4.69, 9.17) is 0 Å². The van der Waals surface area contributed by atoms with E-state index in [1.54, 1.807) is 12.1 Å². The van der Waals surface area contributed by atoms with Gasteiger partial charge in [0.05, 0.1) is 5.56 Å². The lowest BCUT2D eigenvalue weighted by atomic mass is 10.0. The van der Waals surface area contributed by atoms with Gasteiger partial charge in [-0.15, -0.1) is 12.4 Å². The normalized spacial score (nSPS) is 16.8. The molecule has 6 heteroatoms. The van der Waals surface area contributed by atoms with Gasteiger partial charge in [0.15, 0.2) is 0 Å². The minimum atomic E-state index is -4.26. The Morgan fingerprint density at radius 2 is 1.63 bits per heavy atom. The molecule has 1 aliphatic heterocycles. The molecule has 1 saturated heterocycles. The highest BCUT2D eigenvalue weighted by atomic mass is 35.5. The van der Waals surface area contributed by atoms with Crippen LogP contribution in [0.15, 0.2) is 24.3 Å². The molecule has 1 aliphatic rings. The van der Waals surface area contributed by atoms with Gasteiger partial charge in [0, 0.05) is 18.8 Å². The van der Waals surface area contributed by atoms with Crippen LogP contribution in [0.5, 0.6) is 0 Å². The van der Waals surface area contributed by atoms with Crippen LogP contribution in [0.1, 0.15) is 18.4 Å². The second kappa shape index (κ2) is 6.48. The van der Waals surface area contributed by atoms with Crippen molar-refractivity contribution in [1.82, 2.24) is 5.32 Å². The molecule has 0 bridgehead atoms. The third-order valence-corrected chi connectivity index (χ3v) is 3.46. The van der Waals surface area contributed by atoms with Crippen molar-refractivity contribution in [2.45, 2.75) is 25.1 Å². The molecular formula is C13H18ClF3N2. The van der Waals surface area contributed by atoms with Crippen LogP contribution >= 0.6 is 12.4 Å². The van der Waals surface area contributed by atoms with Crippen molar-refractivity contribution in [2.24, 2.45) is 0 Å². The van der Waals surface area contributed by atoms with Crippen molar-refractivity contribution in [3.8, 4) is 0 Å². The van der Waals surface area contributed by atoms with Crippen LogP contribution in [0.25, 0.3) is 0 Å². The van der Waals surface area contributed by atoms with Crippen molar-refractivity contribution in [3.63, 3.8) is 0 Å². The van der Waals surface area contributed by atoms with E-state index in [0.29, 0.717) is 6.04 Å². The van der Waals surface area contributed by atoms with Gasteiger partial charge in [-0.05, 0) is 50.2 Å². The van der Waals surface area contributed by atoms with E-state index in [2.05, 4.69) is 10.2 Å². The monoisotopic (exact) mass is 294 g/mol. The van der Waals surface area contributed by atoms with E-state index in [-0.39, 0.29) is 12.4 Å². The average Bonchev–Trinajstić information content (AvgIpc) is 2.38. The van der Waals surface area contributed by atoms with Crippen molar-refractivity contribution in [2.75, 3.05) is 25.0 Å². The lowest BCUT2D eigenvalue weighted by molar-refractivity contribution is -0.137. The fourth-order valence-corrected chi connectivity index (χ4v) is 2.29. The summed E-state index contributed by atoms with van der Waals surface area (Å²) in [7, 11) is 1.94. The van der Waals surface area contributed by atoms with Crippen molar-refractivity contribution < 1.29 is 13.2 Å². The first-order valence-electron chi connectivity index (χ1n) is 6.09. The molecule has 2 nitrogen and oxygen atoms in total. The number of piperidine rings is 1. The number of halogens is 4. The third-order valence-electron chi connectivity index (χ3n) is 3.46. The van der Waals surface area contributed by atoms with E-state index in [9.17, 15) is 13.2 Å². The molecule has 1 aromatic rings. The predicted octanol–water partition coefficient (Wildman–Crippen LogP) is 3.32. The second-order valence-corrected chi connectivity index (χ2v) is 4.64. The Labute approximate surface area is 117 Å². The Bertz CT molecular complexity index is 386. The molecule has 108 valence electrons. The van der Waals surface area contributed by atoms with E-state index in [1.807, 2.05) is 7.05 Å². The van der Waals surface area contributed by atoms with Crippen molar-refractivity contribution in [1.29, 1.82) is 0 Å². The minimum absolute atomic E-state index is 0. The van der Waals surface area contributed by atoms with Gasteiger partial charge < -0.3 is 10.2 Å². The van der Waals surface area contributed by atoms with E-state index < -0.39 is 11.7 Å². The van der Waals surface area contributed by atoms with Gasteiger partial charge in [0.25, 0.3) is 0 Å². The first-order valence-corrected chi connectivity index (χ1v) is 6.09. The van der Waals surface area contributed by atoms with Crippen LogP contribution in [0.2, 0.25) is 0 Å². The summed E-state index contributed by atoms with van der Waals surface area (Å²) in [4.78, 5) is 2.07. The zero-order valence-electron chi connectivity index (χ0n) is 10.7. The van der Waals surface area contributed by atoms with Gasteiger partial charge in [-0.3, -0.25) is 0 Å². The molecule has 0 amide bonds. The van der Waals surface area contributed by atoms with Crippen LogP contribution in [0.4, 0.5) is 18.9 Å². The molecule has 19 heavy (non-hydrogen) atoms. The summed E-state index contributed by atoms with van der Waals surface area (Å²) >= 11 is 0. The molecule has 0 aliphatic carbocycles. The molecule has 1 fully saturated rings. The van der Waals surface area contributed by atoms with Crippen LogP contribution in [-0.2, 0) is 6.18 Å². The van der Waals surface area contributed by atoms with E-state index >= 15 is 0 Å². The molecule has 0 aromatic heterocycles. The Balaban J connectivity index is 0.00000180. The van der Waals surface area contributed by atoms with Crippen LogP contribution in [-0.4, -0.2) is 26.2 Å². The first-order chi connectivity index (χ1) is 8.48. The molecular weight excluding hydrogens is 277 g/mol. The fraction of sp³-hybridized carbons (Fsp3) is 0.538. The lowest BCUT2D eigenvalue weighted by Gasteiger charge is -2.33. The van der Waals surface area contributed by atoms with E-state index in [1.165, 1.54) is 0 Å². The third kappa shape index (κ3) is 4.01. The molecule has 1 aromatic carbocycles. The maximum Gasteiger partial charge on any atom is 0.416 e. The van der Waals surface area contributed by atoms with Crippen LogP contribution in [0, 0.1) is 0 Å². The first kappa shape index (κ1) is 16.1. The summed E-state index contributed by atoms with van der Waals surface area (Å²) in [6.07, 6.45) is -2.21. The van der Waals surface area contributed by atoms with Crippen molar-refractivity contribution >= 4 is 18.1 Å². The molecule has 0 spiro atoms. The summed E-state index contributed by atoms with van der Waals surface area (Å²) in [5.41, 5.74) is 0.250. The number of hydrogen-bond donors (Lipinski definition) is 1. The number of anilines is 1. The number of nitrogens with zero attached hydrogens (tertiary/aromatic N) is 1. The van der Waals surface area contributed by atoms with Crippen LogP contribution < -0.4 is 10.2 Å². The number of benzene rings is 1. The fourth-order valence-electron chi connectivity index (χ4n) is 2.29. The molecule has 2 rings (SSSR count). The molecule has 0 saturated carbocycles. The highest BCUT2D eigenvalue weighted by Crippen LogP contribution is 2.31. The summed E-state index contributed by atoms with van der Waals surface area (Å²) < 4.78 is 37.4. The molecule has 1 N–H and O–H groups in total. The maximum absolute atomic E-state index is 12.5. The predicted molar refractivity (Wildman–Crippen MR) is 73.0 cm³/mol. The maximum atomic E-state index is 12.5. The molecule has 0 radical (unpaired) electrons. The Morgan fingerprint density at radius 1 is 1.11 bits per heavy atom. The van der Waals surface area contributed by atoms with Gasteiger partial charge in [0.2, 0.25) is 0 Å². The second-order valence-electron chi connectivity index (χ2n) is 4.64. The summed E-state index contributed by atoms with van der Waals surface area (Å²) in [6.45, 7) is 1.94. The topological polar surface area (TPSA) is 15.3 Å². The Morgan fingerprint density at radius 3 is 2.11 bits per heavy atom. The SMILES string of the molecule is CN(c1ccc(C(F)(F)F)cc1)C1CCNCC1.Cl. The Kier molecular flexibility index (Phi) is 5.50. The quantitative estimate of drug-likeness (QED) is 0.900. The zero-order valence-corrected chi connectivity index (χ0v) is 11.5. The zero-order chi connectivity index (χ0) is 13.2. The van der Waals surface area contributed by atoms with Crippen molar-refractivity contribution in [3.05, 3.63) is 29.8 Å². The smallest absolute Gasteiger partial charge is 0.372 e. The number of nitrogens with one attached hydrogen (secondary N) is 1. The molecule has 0 unspecified atom stereocenters. The number of alkyl halides is 3. The summed E-state index contributed by atoms with van der Waals surface area (Å²) in [6, 6.07) is 5.79. The summed E-state index contributed by atoms with van der Waals surface area (Å²) in [5.74, 6) is 0. The highest BCUT2D eigenvalue weighted by molar-refractivity contribution is 5.85. The van der Waals surface area contributed by atoms with Gasteiger partial charge in [-0.1, -0.05) is 0 Å². The average molecular weight is 295 g/mol. The van der Waals surface area contributed by atoms with Gasteiger partial charge in [-0.2, -0.15) is 13.2 Å². The minimum Gasteiger partial charge on any atom is -0.372 e. The number of rotatable bonds is 2. The summed E-state index contributed by atoms with van der Waals surface area (Å²) in [5, 5.41) is 3.27. The number of hydrogen-bond acceptors (Lipinski definition) is 2. The van der Waals surface area contributed by atoms with Gasteiger partial charge in [-0.25, -0.2) is 0 Å². The molecule has 1 heterocycles. The van der Waals surface area contributed by atoms with Crippen LogP contribution in [0.3, 0.4) is 0 Å². The molecule has 0 atom stereocenters. The highest BCUT2D eigenvalue weighted by Gasteiger charge is 2.30.